The van der Waals surface area contributed by atoms with Gasteiger partial charge in [-0.05, 0) is 43.5 Å². The molecule has 0 saturated heterocycles. The van der Waals surface area contributed by atoms with Gasteiger partial charge in [0.15, 0.2) is 0 Å². The fraction of sp³-hybridized carbons (Fsp3) is 0.333. The van der Waals surface area contributed by atoms with Crippen LogP contribution in [0.5, 0.6) is 0 Å². The molecule has 0 bridgehead atoms. The number of nitrogens with two attached hydrogens (primary N) is 1. The summed E-state index contributed by atoms with van der Waals surface area (Å²) in [7, 11) is 0. The van der Waals surface area contributed by atoms with E-state index in [1.807, 2.05) is 0 Å². The van der Waals surface area contributed by atoms with E-state index >= 15 is 0 Å². The highest BCUT2D eigenvalue weighted by atomic mass is 14.5. The lowest BCUT2D eigenvalue weighted by Crippen LogP contribution is -2.00. The molecule has 0 unspecified atom stereocenters. The molecule has 0 atom stereocenters. The maximum absolute atomic E-state index is 5.49. The Hall–Kier alpha value is -1.08. The molecule has 0 aliphatic carbocycles. The summed E-state index contributed by atoms with van der Waals surface area (Å²) in [6, 6.07) is 6.42. The molecule has 1 rings (SSSR count). The van der Waals surface area contributed by atoms with Crippen LogP contribution in [-0.2, 0) is 0 Å². The summed E-state index contributed by atoms with van der Waals surface area (Å²) < 4.78 is 0. The van der Waals surface area contributed by atoms with Gasteiger partial charge in [-0.25, -0.2) is 0 Å². The predicted octanol–water partition coefficient (Wildman–Crippen LogP) is 2.67. The summed E-state index contributed by atoms with van der Waals surface area (Å²) >= 11 is 0. The van der Waals surface area contributed by atoms with Crippen molar-refractivity contribution >= 4 is 5.57 Å². The molecule has 0 fully saturated rings. The normalized spacial score (nSPS) is 10.1. The third kappa shape index (κ3) is 2.43. The zero-order chi connectivity index (χ0) is 9.84. The largest absolute Gasteiger partial charge is 0.330 e. The Morgan fingerprint density at radius 1 is 1.38 bits per heavy atom. The second-order valence-electron chi connectivity index (χ2n) is 3.46. The molecule has 0 radical (unpaired) electrons. The van der Waals surface area contributed by atoms with Crippen LogP contribution in [-0.4, -0.2) is 6.54 Å². The first kappa shape index (κ1) is 10.0. The Labute approximate surface area is 80.3 Å². The van der Waals surface area contributed by atoms with Crippen molar-refractivity contribution in [1.82, 2.24) is 0 Å². The maximum Gasteiger partial charge on any atom is -0.00367 e. The lowest BCUT2D eigenvalue weighted by atomic mass is 9.98. The van der Waals surface area contributed by atoms with Crippen LogP contribution in [0, 0.1) is 13.8 Å². The van der Waals surface area contributed by atoms with Crippen LogP contribution in [0.15, 0.2) is 24.8 Å². The fourth-order valence-corrected chi connectivity index (χ4v) is 1.43. The molecular weight excluding hydrogens is 158 g/mol. The molecule has 13 heavy (non-hydrogen) atoms. The van der Waals surface area contributed by atoms with Crippen LogP contribution in [0.1, 0.15) is 23.1 Å². The van der Waals surface area contributed by atoms with Crippen LogP contribution in [0.25, 0.3) is 5.57 Å². The Morgan fingerprint density at radius 3 is 2.69 bits per heavy atom. The second kappa shape index (κ2) is 4.24. The van der Waals surface area contributed by atoms with Gasteiger partial charge in [-0.15, -0.1) is 0 Å². The molecule has 0 aliphatic heterocycles. The van der Waals surface area contributed by atoms with E-state index in [9.17, 15) is 0 Å². The molecule has 70 valence electrons. The van der Waals surface area contributed by atoms with Gasteiger partial charge in [0, 0.05) is 0 Å². The minimum atomic E-state index is 0.673. The summed E-state index contributed by atoms with van der Waals surface area (Å²) in [6.45, 7) is 8.91. The average Bonchev–Trinajstić information content (AvgIpc) is 2.09. The van der Waals surface area contributed by atoms with Crippen LogP contribution in [0.2, 0.25) is 0 Å². The summed E-state index contributed by atoms with van der Waals surface area (Å²) in [6.07, 6.45) is 0.879. The zero-order valence-electron chi connectivity index (χ0n) is 8.43. The van der Waals surface area contributed by atoms with Crippen molar-refractivity contribution in [3.05, 3.63) is 41.5 Å². The van der Waals surface area contributed by atoms with E-state index in [0.29, 0.717) is 6.54 Å². The molecule has 0 amide bonds. The molecule has 2 N–H and O–H groups in total. The lowest BCUT2D eigenvalue weighted by molar-refractivity contribution is 1.02. The number of hydrogen-bond donors (Lipinski definition) is 1. The van der Waals surface area contributed by atoms with Crippen molar-refractivity contribution in [3.63, 3.8) is 0 Å². The van der Waals surface area contributed by atoms with Crippen molar-refractivity contribution in [2.45, 2.75) is 20.3 Å². The van der Waals surface area contributed by atoms with Crippen LogP contribution < -0.4 is 5.73 Å². The molecule has 0 aliphatic rings. The van der Waals surface area contributed by atoms with Crippen molar-refractivity contribution in [3.8, 4) is 0 Å². The molecule has 1 nitrogen and oxygen atoms in total. The Morgan fingerprint density at radius 2 is 2.08 bits per heavy atom. The van der Waals surface area contributed by atoms with Gasteiger partial charge in [0.05, 0.1) is 0 Å². The van der Waals surface area contributed by atoms with Crippen molar-refractivity contribution in [2.24, 2.45) is 5.73 Å². The van der Waals surface area contributed by atoms with Gasteiger partial charge in [-0.3, -0.25) is 0 Å². The average molecular weight is 175 g/mol. The summed E-state index contributed by atoms with van der Waals surface area (Å²) in [5, 5.41) is 0. The van der Waals surface area contributed by atoms with Crippen molar-refractivity contribution in [2.75, 3.05) is 6.54 Å². The Bertz CT molecular complexity index is 313. The smallest absolute Gasteiger partial charge is 0.00367 e. The molecule has 0 heterocycles. The van der Waals surface area contributed by atoms with Crippen LogP contribution >= 0.6 is 0 Å². The van der Waals surface area contributed by atoms with Gasteiger partial charge in [0.25, 0.3) is 0 Å². The van der Waals surface area contributed by atoms with E-state index in [-0.39, 0.29) is 0 Å². The monoisotopic (exact) mass is 175 g/mol. The lowest BCUT2D eigenvalue weighted by Gasteiger charge is -2.09. The summed E-state index contributed by atoms with van der Waals surface area (Å²) in [5.41, 5.74) is 10.4. The van der Waals surface area contributed by atoms with Crippen LogP contribution in [0.4, 0.5) is 0 Å². The van der Waals surface area contributed by atoms with E-state index < -0.39 is 0 Å². The molecule has 0 spiro atoms. The maximum atomic E-state index is 5.49. The number of rotatable bonds is 3. The third-order valence-electron chi connectivity index (χ3n) is 2.22. The summed E-state index contributed by atoms with van der Waals surface area (Å²) in [5.74, 6) is 0. The first-order valence-electron chi connectivity index (χ1n) is 4.60. The topological polar surface area (TPSA) is 26.0 Å². The minimum absolute atomic E-state index is 0.673. The van der Waals surface area contributed by atoms with E-state index in [4.69, 9.17) is 5.73 Å². The highest BCUT2D eigenvalue weighted by Crippen LogP contribution is 2.20. The summed E-state index contributed by atoms with van der Waals surface area (Å²) in [4.78, 5) is 0. The molecule has 0 aromatic heterocycles. The molecule has 1 aromatic rings. The number of benzene rings is 1. The van der Waals surface area contributed by atoms with E-state index in [1.165, 1.54) is 16.7 Å². The van der Waals surface area contributed by atoms with Gasteiger partial charge in [0.2, 0.25) is 0 Å². The SMILES string of the molecule is C=C(CCN)c1cc(C)ccc1C. The quantitative estimate of drug-likeness (QED) is 0.751. The standard InChI is InChI=1S/C12H17N/c1-9-4-5-10(2)12(8-9)11(3)6-7-13/h4-5,8H,3,6-7,13H2,1-2H3. The van der Waals surface area contributed by atoms with Gasteiger partial charge in [-0.1, -0.05) is 30.3 Å². The third-order valence-corrected chi connectivity index (χ3v) is 2.22. The van der Waals surface area contributed by atoms with Crippen molar-refractivity contribution < 1.29 is 0 Å². The molecule has 0 saturated carbocycles. The molecular formula is C12H17N. The zero-order valence-corrected chi connectivity index (χ0v) is 8.43. The van der Waals surface area contributed by atoms with Gasteiger partial charge >= 0.3 is 0 Å². The van der Waals surface area contributed by atoms with Crippen molar-refractivity contribution in [1.29, 1.82) is 0 Å². The first-order valence-corrected chi connectivity index (χ1v) is 4.60. The number of hydrogen-bond acceptors (Lipinski definition) is 1. The van der Waals surface area contributed by atoms with Crippen LogP contribution in [0.3, 0.4) is 0 Å². The minimum Gasteiger partial charge on any atom is -0.330 e. The predicted molar refractivity (Wildman–Crippen MR) is 58.6 cm³/mol. The van der Waals surface area contributed by atoms with Gasteiger partial charge in [-0.2, -0.15) is 0 Å². The Balaban J connectivity index is 2.99. The van der Waals surface area contributed by atoms with Gasteiger partial charge in [0.1, 0.15) is 0 Å². The van der Waals surface area contributed by atoms with Gasteiger partial charge < -0.3 is 5.73 Å². The molecule has 1 heteroatoms. The second-order valence-corrected chi connectivity index (χ2v) is 3.46. The highest BCUT2D eigenvalue weighted by molar-refractivity contribution is 5.66. The molecule has 1 aromatic carbocycles. The fourth-order valence-electron chi connectivity index (χ4n) is 1.43. The Kier molecular flexibility index (Phi) is 3.26. The highest BCUT2D eigenvalue weighted by Gasteiger charge is 2.01. The van der Waals surface area contributed by atoms with E-state index in [0.717, 1.165) is 12.0 Å². The number of aryl methyl sites for hydroxylation is 2. The van der Waals surface area contributed by atoms with E-state index in [2.05, 4.69) is 38.6 Å². The van der Waals surface area contributed by atoms with E-state index in [1.54, 1.807) is 0 Å². The first-order chi connectivity index (χ1) is 6.15.